The maximum Gasteiger partial charge on any atom is 0 e. The summed E-state index contributed by atoms with van der Waals surface area (Å²) in [6.07, 6.45) is 0. The van der Waals surface area contributed by atoms with Crippen molar-refractivity contribution in [3.63, 3.8) is 0 Å². The largest absolute Gasteiger partial charge is 0 e. The zero-order chi connectivity index (χ0) is 5.33. The van der Waals surface area contributed by atoms with Crippen LogP contribution in [-0.2, 0) is 66.9 Å². The van der Waals surface area contributed by atoms with Gasteiger partial charge in [0.05, 0.1) is 0 Å². The van der Waals surface area contributed by atoms with Crippen LogP contribution in [0.15, 0.2) is 0 Å². The van der Waals surface area contributed by atoms with Crippen LogP contribution < -0.4 is 0 Å². The summed E-state index contributed by atoms with van der Waals surface area (Å²) in [6, 6.07) is 0. The van der Waals surface area contributed by atoms with E-state index in [1.807, 2.05) is 0 Å². The monoisotopic (exact) mass is 370 g/mol. The molecule has 0 bridgehead atoms. The molecule has 1 saturated heterocycles. The van der Waals surface area contributed by atoms with Crippen molar-refractivity contribution in [1.82, 2.24) is 0 Å². The van der Waals surface area contributed by atoms with Crippen LogP contribution >= 0.6 is 0 Å². The van der Waals surface area contributed by atoms with Crippen LogP contribution in [-0.4, -0.2) is 0 Å². The minimum absolute atomic E-state index is 0. The molecule has 0 saturated carbocycles. The molecule has 1 heterocycles. The van der Waals surface area contributed by atoms with Gasteiger partial charge in [-0.1, -0.05) is 0 Å². The Bertz CT molecular complexity index is 132. The minimum Gasteiger partial charge on any atom is 0 e. The first-order chi connectivity index (χ1) is 3.21. The van der Waals surface area contributed by atoms with Crippen LogP contribution in [0.5, 0.6) is 0 Å². The summed E-state index contributed by atoms with van der Waals surface area (Å²) >= 11 is -5.10. The van der Waals surface area contributed by atoms with Gasteiger partial charge in [0.25, 0.3) is 0 Å². The molecule has 0 N–H and O–H groups in total. The molecule has 6 nitrogen and oxygen atoms in total. The second-order valence-electron chi connectivity index (χ2n) is 0.680. The first kappa shape index (κ1) is 9.01. The Morgan fingerprint density at radius 2 is 1.38 bits per heavy atom. The summed E-state index contributed by atoms with van der Waals surface area (Å²) in [5.41, 5.74) is 0. The smallest absolute Gasteiger partial charge is 0 e. The Hall–Kier alpha value is 1.01. The molecule has 8 heteroatoms. The normalized spacial score (nSPS) is 24.5. The van der Waals surface area contributed by atoms with Crippen molar-refractivity contribution in [2.24, 2.45) is 0 Å². The molecular weight excluding hydrogens is 371 g/mol. The van der Waals surface area contributed by atoms with Gasteiger partial charge in [-0.3, -0.25) is 0 Å². The molecule has 0 unspecified atom stereocenters. The Morgan fingerprint density at radius 1 is 1.00 bits per heavy atom. The Morgan fingerprint density at radius 3 is 1.50 bits per heavy atom. The number of hydrogen-bond acceptors (Lipinski definition) is 6. The van der Waals surface area contributed by atoms with Crippen molar-refractivity contribution in [1.29, 1.82) is 0 Å². The molecule has 0 aliphatic carbocycles. The Labute approximate surface area is 66.7 Å². The van der Waals surface area contributed by atoms with E-state index in [0.717, 1.165) is 0 Å². The van der Waals surface area contributed by atoms with Crippen LogP contribution in [0.1, 0.15) is 0 Å². The minimum atomic E-state index is -5.10. The molecule has 46 valence electrons. The molecule has 1 rings (SSSR count). The fourth-order valence-corrected chi connectivity index (χ4v) is 0.835. The third kappa shape index (κ3) is 2.53. The second kappa shape index (κ2) is 3.25. The van der Waals surface area contributed by atoms with Gasteiger partial charge < -0.3 is 0 Å². The topological polar surface area (TPSA) is 71.1 Å². The van der Waals surface area contributed by atoms with E-state index in [2.05, 4.69) is 17.2 Å². The fourth-order valence-electron chi connectivity index (χ4n) is 0.102. The fraction of sp³-hybridized carbons (Fsp3) is 0. The molecule has 1 aliphatic rings. The van der Waals surface area contributed by atoms with Crippen LogP contribution in [0.25, 0.3) is 0 Å². The van der Waals surface area contributed by atoms with Crippen molar-refractivity contribution in [2.45, 2.75) is 0 Å². The molecule has 0 atom stereocenters. The summed E-state index contributed by atoms with van der Waals surface area (Å²) < 4.78 is 26.7. The van der Waals surface area contributed by atoms with E-state index in [-0.39, 0.29) is 26.2 Å². The van der Waals surface area contributed by atoms with E-state index in [1.54, 1.807) is 0 Å². The van der Waals surface area contributed by atoms with Crippen LogP contribution in [0, 0.1) is 0 Å². The molecule has 0 aromatic heterocycles. The van der Waals surface area contributed by atoms with Crippen molar-refractivity contribution in [2.75, 3.05) is 0 Å². The Kier molecular flexibility index (Phi) is 3.66. The van der Waals surface area contributed by atoms with Gasteiger partial charge in [0.15, 0.2) is 0 Å². The van der Waals surface area contributed by atoms with Crippen LogP contribution in [0.4, 0.5) is 0 Å². The van der Waals surface area contributed by atoms with Gasteiger partial charge in [0.2, 0.25) is 0 Å². The SMILES string of the molecule is [O]=[W]1(=[O])[O]OO[O]1.[Zr]. The molecule has 0 aromatic carbocycles. The van der Waals surface area contributed by atoms with E-state index < -0.39 is 16.7 Å². The first-order valence-corrected chi connectivity index (χ1v) is 5.96. The molecule has 0 amide bonds. The zero-order valence-corrected chi connectivity index (χ0v) is 8.75. The summed E-state index contributed by atoms with van der Waals surface area (Å²) in [7, 11) is 0. The van der Waals surface area contributed by atoms with Crippen LogP contribution in [0.2, 0.25) is 0 Å². The average Bonchev–Trinajstić information content (AvgIpc) is 1.84. The molecular formula is O6WZr. The molecule has 0 radical (unpaired) electrons. The first-order valence-electron chi connectivity index (χ1n) is 1.17. The number of rotatable bonds is 0. The van der Waals surface area contributed by atoms with E-state index >= 15 is 0 Å². The van der Waals surface area contributed by atoms with Gasteiger partial charge >= 0.3 is 40.7 Å². The van der Waals surface area contributed by atoms with Crippen molar-refractivity contribution < 1.29 is 66.9 Å². The van der Waals surface area contributed by atoms with E-state index in [4.69, 9.17) is 0 Å². The van der Waals surface area contributed by atoms with Gasteiger partial charge in [-0.2, -0.15) is 0 Å². The van der Waals surface area contributed by atoms with E-state index in [1.165, 1.54) is 0 Å². The van der Waals surface area contributed by atoms with Gasteiger partial charge in [-0.15, -0.1) is 0 Å². The van der Waals surface area contributed by atoms with E-state index in [0.29, 0.717) is 0 Å². The maximum absolute atomic E-state index is 9.86. The van der Waals surface area contributed by atoms with Gasteiger partial charge in [0.1, 0.15) is 0 Å². The average molecular weight is 371 g/mol. The summed E-state index contributed by atoms with van der Waals surface area (Å²) in [4.78, 5) is 0. The van der Waals surface area contributed by atoms with Gasteiger partial charge in [0, 0.05) is 26.2 Å². The maximum atomic E-state index is 9.86. The predicted octanol–water partition coefficient (Wildman–Crippen LogP) is -0.516. The Balaban J connectivity index is 0.000000490. The van der Waals surface area contributed by atoms with Gasteiger partial charge in [-0.25, -0.2) is 0 Å². The van der Waals surface area contributed by atoms with Gasteiger partial charge in [-0.05, 0) is 0 Å². The molecule has 0 spiro atoms. The van der Waals surface area contributed by atoms with Crippen molar-refractivity contribution >= 4 is 0 Å². The third-order valence-electron chi connectivity index (χ3n) is 0.250. The standard InChI is InChI=1S/H2O4.2O.W.Zr/c1-3-4-2;;;;/h1-2H;;;;/q;;;+2;/p-2. The molecule has 8 heavy (non-hydrogen) atoms. The summed E-state index contributed by atoms with van der Waals surface area (Å²) in [6.45, 7) is 0. The van der Waals surface area contributed by atoms with Crippen molar-refractivity contribution in [3.05, 3.63) is 0 Å². The zero-order valence-electron chi connectivity index (χ0n) is 3.36. The summed E-state index contributed by atoms with van der Waals surface area (Å²) in [5, 5.41) is 6.81. The number of hydrogen-bond donors (Lipinski definition) is 0. The predicted molar refractivity (Wildman–Crippen MR) is 5.71 cm³/mol. The van der Waals surface area contributed by atoms with Crippen molar-refractivity contribution in [3.8, 4) is 0 Å². The third-order valence-corrected chi connectivity index (χ3v) is 1.85. The van der Waals surface area contributed by atoms with Crippen LogP contribution in [0.3, 0.4) is 0 Å². The second-order valence-corrected chi connectivity index (χ2v) is 4.59. The molecule has 0 aromatic rings. The summed E-state index contributed by atoms with van der Waals surface area (Å²) in [5.74, 6) is 0. The molecule has 1 fully saturated rings. The quantitative estimate of drug-likeness (QED) is 0.534. The van der Waals surface area contributed by atoms with E-state index in [9.17, 15) is 6.80 Å². The molecule has 1 aliphatic heterocycles.